The minimum Gasteiger partial charge on any atom is -0.463 e. The van der Waals surface area contributed by atoms with E-state index in [1.807, 2.05) is 11.5 Å². The molecule has 2 fully saturated rings. The summed E-state index contributed by atoms with van der Waals surface area (Å²) in [6.07, 6.45) is 1.86. The molecule has 0 unspecified atom stereocenters. The van der Waals surface area contributed by atoms with Crippen molar-refractivity contribution in [3.63, 3.8) is 0 Å². The van der Waals surface area contributed by atoms with Crippen molar-refractivity contribution in [2.24, 2.45) is 5.10 Å². The molecule has 2 saturated heterocycles. The fraction of sp³-hybridized carbons (Fsp3) is 0.227. The Morgan fingerprint density at radius 1 is 1.08 bits per heavy atom. The van der Waals surface area contributed by atoms with Crippen LogP contribution < -0.4 is 10.0 Å². The summed E-state index contributed by atoms with van der Waals surface area (Å²) in [4.78, 5) is 48.1. The number of nitro groups is 2. The number of hydrazone groups is 1. The van der Waals surface area contributed by atoms with Crippen molar-refractivity contribution in [2.75, 3.05) is 23.7 Å². The van der Waals surface area contributed by atoms with E-state index >= 15 is 0 Å². The second-order valence-electron chi connectivity index (χ2n) is 8.46. The first-order chi connectivity index (χ1) is 17.8. The second-order valence-corrected chi connectivity index (χ2v) is 9.70. The molecule has 0 N–H and O–H groups in total. The molecule has 4 heterocycles. The Balaban J connectivity index is 1.58. The molecule has 2 spiro atoms. The predicted molar refractivity (Wildman–Crippen MR) is 129 cm³/mol. The number of anilines is 2. The van der Waals surface area contributed by atoms with Crippen molar-refractivity contribution in [3.05, 3.63) is 80.2 Å². The summed E-state index contributed by atoms with van der Waals surface area (Å²) in [6, 6.07) is 10.6. The van der Waals surface area contributed by atoms with Crippen LogP contribution in [-0.2, 0) is 19.1 Å². The first-order valence-electron chi connectivity index (χ1n) is 10.8. The Labute approximate surface area is 212 Å². The highest BCUT2D eigenvalue weighted by Gasteiger charge is 2.83. The Bertz CT molecular complexity index is 1430. The molecule has 0 amide bonds. The van der Waals surface area contributed by atoms with E-state index in [2.05, 4.69) is 5.10 Å². The van der Waals surface area contributed by atoms with Gasteiger partial charge in [0, 0.05) is 24.3 Å². The molecule has 0 aromatic heterocycles. The lowest BCUT2D eigenvalue weighted by Crippen LogP contribution is -2.67. The minimum atomic E-state index is -1.70. The van der Waals surface area contributed by atoms with Gasteiger partial charge in [0.15, 0.2) is 0 Å². The van der Waals surface area contributed by atoms with Crippen LogP contribution in [0, 0.1) is 20.2 Å². The third-order valence-corrected chi connectivity index (χ3v) is 8.15. The van der Waals surface area contributed by atoms with Crippen molar-refractivity contribution in [3.8, 4) is 0 Å². The van der Waals surface area contributed by atoms with Crippen LogP contribution in [0.3, 0.4) is 0 Å². The van der Waals surface area contributed by atoms with Gasteiger partial charge in [-0.2, -0.15) is 0 Å². The van der Waals surface area contributed by atoms with Crippen molar-refractivity contribution in [1.82, 2.24) is 5.01 Å². The Morgan fingerprint density at radius 3 is 2.24 bits per heavy atom. The smallest absolute Gasteiger partial charge is 0.377 e. The van der Waals surface area contributed by atoms with Crippen molar-refractivity contribution < 1.29 is 28.9 Å². The number of rotatable bonds is 5. The molecule has 2 aromatic carbocycles. The second kappa shape index (κ2) is 7.67. The summed E-state index contributed by atoms with van der Waals surface area (Å²) < 4.78 is 9.58. The molecule has 188 valence electrons. The molecule has 15 heteroatoms. The molecule has 37 heavy (non-hydrogen) atoms. The summed E-state index contributed by atoms with van der Waals surface area (Å²) in [7, 11) is 1.18. The maximum atomic E-state index is 13.7. The maximum Gasteiger partial charge on any atom is 0.377 e. The molecule has 4 aliphatic heterocycles. The summed E-state index contributed by atoms with van der Waals surface area (Å²) >= 11 is 1.34. The molecular formula is C22H16N6O8S. The Kier molecular flexibility index (Phi) is 4.72. The van der Waals surface area contributed by atoms with Crippen LogP contribution in [0.5, 0.6) is 0 Å². The van der Waals surface area contributed by atoms with Gasteiger partial charge in [0.1, 0.15) is 11.4 Å². The fourth-order valence-electron chi connectivity index (χ4n) is 5.24. The Hall–Kier alpha value is -4.66. The van der Waals surface area contributed by atoms with Gasteiger partial charge in [0.2, 0.25) is 0 Å². The third-order valence-electron chi connectivity index (χ3n) is 6.79. The van der Waals surface area contributed by atoms with Gasteiger partial charge in [-0.3, -0.25) is 25.2 Å². The zero-order valence-electron chi connectivity index (χ0n) is 18.9. The van der Waals surface area contributed by atoms with Crippen LogP contribution in [0.2, 0.25) is 0 Å². The number of nitro benzene ring substituents is 2. The zero-order valence-corrected chi connectivity index (χ0v) is 19.7. The van der Waals surface area contributed by atoms with Gasteiger partial charge in [-0.05, 0) is 29.7 Å². The number of hydrogen-bond donors (Lipinski definition) is 0. The van der Waals surface area contributed by atoms with Gasteiger partial charge < -0.3 is 9.47 Å². The first kappa shape index (κ1) is 22.8. The molecule has 0 radical (unpaired) electrons. The standard InChI is InChI=1S/C22H16N6O8S/c1-35-19(29)18-23-25(14-4-8-16(9-5-14)28(33)34)22-20(30)36-12-21(22)17(10-11-37-21)24(26(18)22)13-2-6-15(7-3-13)27(31)32/h2-11,17H,12H2,1H3/t17-,21+,22-/m1/s1. The van der Waals surface area contributed by atoms with Crippen LogP contribution in [0.15, 0.2) is 65.1 Å². The number of hydrazine groups is 1. The monoisotopic (exact) mass is 524 g/mol. The number of benzene rings is 2. The van der Waals surface area contributed by atoms with Crippen LogP contribution in [0.25, 0.3) is 0 Å². The van der Waals surface area contributed by atoms with Crippen LogP contribution in [0.1, 0.15) is 0 Å². The zero-order chi connectivity index (χ0) is 26.1. The van der Waals surface area contributed by atoms with Crippen LogP contribution in [0.4, 0.5) is 22.7 Å². The van der Waals surface area contributed by atoms with Crippen molar-refractivity contribution in [1.29, 1.82) is 0 Å². The average molecular weight is 524 g/mol. The van der Waals surface area contributed by atoms with E-state index in [0.717, 1.165) is 0 Å². The van der Waals surface area contributed by atoms with E-state index in [1.165, 1.54) is 77.4 Å². The van der Waals surface area contributed by atoms with E-state index in [1.54, 1.807) is 5.01 Å². The van der Waals surface area contributed by atoms with E-state index in [9.17, 15) is 29.8 Å². The number of carbonyl (C=O) groups is 2. The normalized spacial score (nSPS) is 26.9. The van der Waals surface area contributed by atoms with E-state index < -0.39 is 38.2 Å². The van der Waals surface area contributed by atoms with Gasteiger partial charge in [-0.15, -0.1) is 16.9 Å². The summed E-state index contributed by atoms with van der Waals surface area (Å²) in [5.74, 6) is -1.74. The molecule has 0 aliphatic carbocycles. The summed E-state index contributed by atoms with van der Waals surface area (Å²) in [6.45, 7) is -0.0262. The molecular weight excluding hydrogens is 508 g/mol. The number of nitrogens with zero attached hydrogens (tertiary/aromatic N) is 6. The number of ether oxygens (including phenoxy) is 2. The predicted octanol–water partition coefficient (Wildman–Crippen LogP) is 2.17. The fourth-order valence-corrected chi connectivity index (χ4v) is 6.58. The van der Waals surface area contributed by atoms with E-state index in [0.29, 0.717) is 11.4 Å². The number of hydrogen-bond acceptors (Lipinski definition) is 13. The summed E-state index contributed by atoms with van der Waals surface area (Å²) in [5, 5.41) is 33.2. The largest absolute Gasteiger partial charge is 0.463 e. The highest BCUT2D eigenvalue weighted by molar-refractivity contribution is 8.04. The van der Waals surface area contributed by atoms with Crippen molar-refractivity contribution in [2.45, 2.75) is 16.5 Å². The quantitative estimate of drug-likeness (QED) is 0.319. The molecule has 14 nitrogen and oxygen atoms in total. The maximum absolute atomic E-state index is 13.7. The molecule has 3 atom stereocenters. The SMILES string of the molecule is COC(=O)C1=NN(c2ccc([N+](=O)[O-])cc2)[C@@]23C(=O)OC[C@@]24SC=C[C@H]4N(c2ccc([N+](=O)[O-])cc2)N13. The lowest BCUT2D eigenvalue weighted by Gasteiger charge is -2.40. The van der Waals surface area contributed by atoms with Gasteiger partial charge in [-0.1, -0.05) is 6.08 Å². The molecule has 0 bridgehead atoms. The molecule has 6 rings (SSSR count). The Morgan fingerprint density at radius 2 is 1.68 bits per heavy atom. The number of methoxy groups -OCH3 is 1. The van der Waals surface area contributed by atoms with Crippen molar-refractivity contribution >= 4 is 52.3 Å². The topological polar surface area (TPSA) is 161 Å². The number of esters is 2. The van der Waals surface area contributed by atoms with Gasteiger partial charge >= 0.3 is 11.9 Å². The third kappa shape index (κ3) is 2.73. The number of non-ortho nitro benzene ring substituents is 2. The lowest BCUT2D eigenvalue weighted by molar-refractivity contribution is -0.385. The minimum absolute atomic E-state index is 0.0262. The van der Waals surface area contributed by atoms with Crippen LogP contribution in [-0.4, -0.2) is 62.8 Å². The van der Waals surface area contributed by atoms with Gasteiger partial charge in [0.05, 0.1) is 34.4 Å². The molecule has 4 aliphatic rings. The average Bonchev–Trinajstić information content (AvgIpc) is 3.60. The van der Waals surface area contributed by atoms with Gasteiger partial charge in [-0.25, -0.2) is 19.6 Å². The molecule has 0 saturated carbocycles. The highest BCUT2D eigenvalue weighted by Crippen LogP contribution is 2.63. The number of thioether (sulfide) groups is 1. The van der Waals surface area contributed by atoms with E-state index in [4.69, 9.17) is 9.47 Å². The first-order valence-corrected chi connectivity index (χ1v) is 11.7. The van der Waals surface area contributed by atoms with Crippen LogP contribution >= 0.6 is 11.8 Å². The lowest BCUT2D eigenvalue weighted by atomic mass is 9.88. The van der Waals surface area contributed by atoms with Gasteiger partial charge in [0.25, 0.3) is 22.9 Å². The highest BCUT2D eigenvalue weighted by atomic mass is 32.2. The molecule has 2 aromatic rings. The number of carbonyl (C=O) groups excluding carboxylic acids is 2. The summed E-state index contributed by atoms with van der Waals surface area (Å²) in [5.41, 5.74) is -1.21. The van der Waals surface area contributed by atoms with E-state index in [-0.39, 0.29) is 23.8 Å². The number of cyclic esters (lactones) is 1. The number of amidine groups is 1.